The molecule has 0 aliphatic carbocycles. The molecule has 0 saturated carbocycles. The third kappa shape index (κ3) is 40.5. The molecule has 0 spiro atoms. The van der Waals surface area contributed by atoms with Crippen LogP contribution in [-0.2, 0) is 63.3 Å². The van der Waals surface area contributed by atoms with Crippen molar-refractivity contribution in [3.05, 3.63) is 29.8 Å². The molecule has 0 aliphatic rings. The van der Waals surface area contributed by atoms with Gasteiger partial charge in [0.25, 0.3) is 0 Å². The molecule has 0 aliphatic heterocycles. The molecular formula is C41H75FO13. The summed E-state index contributed by atoms with van der Waals surface area (Å²) in [5, 5.41) is 0. The number of aryl methyl sites for hydroxylation is 1. The Kier molecular flexibility index (Phi) is 42.3. The van der Waals surface area contributed by atoms with E-state index in [0.29, 0.717) is 159 Å². The quantitative estimate of drug-likeness (QED) is 0.0771. The number of ether oxygens (including phenoxy) is 13. The summed E-state index contributed by atoms with van der Waals surface area (Å²) < 4.78 is 82.9. The zero-order valence-electron chi connectivity index (χ0n) is 34.0. The van der Waals surface area contributed by atoms with Crippen LogP contribution >= 0.6 is 0 Å². The Labute approximate surface area is 331 Å². The van der Waals surface area contributed by atoms with Crippen molar-refractivity contribution in [2.24, 2.45) is 0 Å². The Morgan fingerprint density at radius 2 is 0.600 bits per heavy atom. The van der Waals surface area contributed by atoms with E-state index in [0.717, 1.165) is 12.2 Å². The number of rotatable bonds is 47. The van der Waals surface area contributed by atoms with Crippen LogP contribution in [0.4, 0.5) is 4.39 Å². The molecule has 13 nitrogen and oxygen atoms in total. The zero-order chi connectivity index (χ0) is 39.2. The highest BCUT2D eigenvalue weighted by Gasteiger charge is 2.00. The van der Waals surface area contributed by atoms with Crippen molar-refractivity contribution >= 4 is 0 Å². The third-order valence-corrected chi connectivity index (χ3v) is 7.80. The van der Waals surface area contributed by atoms with Crippen molar-refractivity contribution in [1.29, 1.82) is 0 Å². The van der Waals surface area contributed by atoms with Gasteiger partial charge in [-0.15, -0.1) is 0 Å². The van der Waals surface area contributed by atoms with Gasteiger partial charge in [0, 0.05) is 0 Å². The number of halogens is 1. The Morgan fingerprint density at radius 1 is 0.327 bits per heavy atom. The van der Waals surface area contributed by atoms with Crippen molar-refractivity contribution in [2.75, 3.05) is 172 Å². The van der Waals surface area contributed by atoms with E-state index in [1.165, 1.54) is 50.5 Å². The average molecular weight is 795 g/mol. The molecule has 0 aromatic heterocycles. The van der Waals surface area contributed by atoms with Crippen molar-refractivity contribution in [2.45, 2.75) is 58.3 Å². The summed E-state index contributed by atoms with van der Waals surface area (Å²) in [4.78, 5) is 0. The SMILES string of the molecule is CCCCCCCCCc1ccc(OCCOCCOCCOCCOCCOCCOCCOCCOCCOCCOCCOCCOCCF)cc1. The minimum absolute atomic E-state index is 0.112. The Morgan fingerprint density at radius 3 is 0.909 bits per heavy atom. The average Bonchev–Trinajstić information content (AvgIpc) is 3.20. The lowest BCUT2D eigenvalue weighted by Gasteiger charge is -2.09. The molecule has 0 atom stereocenters. The fraction of sp³-hybridized carbons (Fsp3) is 0.854. The van der Waals surface area contributed by atoms with Gasteiger partial charge < -0.3 is 61.6 Å². The lowest BCUT2D eigenvalue weighted by molar-refractivity contribution is -0.0286. The standard InChI is InChI=1S/C41H75FO13/c1-2-3-4-5-6-7-8-9-40-10-12-41(13-11-40)55-39-38-54-37-36-53-35-34-52-33-32-51-31-30-50-29-28-49-27-26-48-25-24-47-23-22-46-21-20-45-19-18-44-17-16-43-15-14-42/h10-13H,2-9,14-39H2,1H3. The molecule has 0 bridgehead atoms. The van der Waals surface area contributed by atoms with E-state index in [1.54, 1.807) is 0 Å². The molecule has 14 heteroatoms. The molecule has 0 amide bonds. The van der Waals surface area contributed by atoms with Crippen LogP contribution in [0.3, 0.4) is 0 Å². The maximum absolute atomic E-state index is 11.8. The monoisotopic (exact) mass is 795 g/mol. The second kappa shape index (κ2) is 45.2. The van der Waals surface area contributed by atoms with Gasteiger partial charge in [-0.3, -0.25) is 0 Å². The van der Waals surface area contributed by atoms with Gasteiger partial charge in [0.1, 0.15) is 19.0 Å². The van der Waals surface area contributed by atoms with E-state index in [9.17, 15) is 4.39 Å². The van der Waals surface area contributed by atoms with E-state index in [-0.39, 0.29) is 6.61 Å². The number of hydrogen-bond acceptors (Lipinski definition) is 13. The smallest absolute Gasteiger partial charge is 0.119 e. The fourth-order valence-electron chi connectivity index (χ4n) is 4.83. The third-order valence-electron chi connectivity index (χ3n) is 7.80. The Hall–Kier alpha value is -1.53. The second-order valence-electron chi connectivity index (χ2n) is 12.4. The molecular weight excluding hydrogens is 719 g/mol. The molecule has 324 valence electrons. The minimum atomic E-state index is -0.476. The normalized spacial score (nSPS) is 11.5. The van der Waals surface area contributed by atoms with Gasteiger partial charge in [-0.1, -0.05) is 57.6 Å². The number of benzene rings is 1. The summed E-state index contributed by atoms with van der Waals surface area (Å²) in [7, 11) is 0. The lowest BCUT2D eigenvalue weighted by Crippen LogP contribution is -2.15. The first-order valence-electron chi connectivity index (χ1n) is 20.6. The van der Waals surface area contributed by atoms with Crippen LogP contribution in [0.5, 0.6) is 5.75 Å². The minimum Gasteiger partial charge on any atom is -0.491 e. The van der Waals surface area contributed by atoms with Crippen LogP contribution in [-0.4, -0.2) is 172 Å². The van der Waals surface area contributed by atoms with Gasteiger partial charge in [-0.25, -0.2) is 4.39 Å². The first-order valence-corrected chi connectivity index (χ1v) is 20.6. The summed E-state index contributed by atoms with van der Waals surface area (Å²) in [6.45, 7) is 13.8. The zero-order valence-corrected chi connectivity index (χ0v) is 34.0. The van der Waals surface area contributed by atoms with Crippen LogP contribution in [0.2, 0.25) is 0 Å². The van der Waals surface area contributed by atoms with Gasteiger partial charge in [-0.2, -0.15) is 0 Å². The van der Waals surface area contributed by atoms with Crippen molar-refractivity contribution in [3.8, 4) is 5.75 Å². The van der Waals surface area contributed by atoms with Crippen LogP contribution < -0.4 is 4.74 Å². The van der Waals surface area contributed by atoms with Crippen LogP contribution in [0.15, 0.2) is 24.3 Å². The highest BCUT2D eigenvalue weighted by atomic mass is 19.1. The molecule has 1 aromatic rings. The van der Waals surface area contributed by atoms with E-state index in [1.807, 2.05) is 0 Å². The van der Waals surface area contributed by atoms with E-state index in [2.05, 4.69) is 31.2 Å². The molecule has 0 N–H and O–H groups in total. The summed E-state index contributed by atoms with van der Waals surface area (Å²) in [6.07, 6.45) is 10.5. The predicted molar refractivity (Wildman–Crippen MR) is 209 cm³/mol. The highest BCUT2D eigenvalue weighted by molar-refractivity contribution is 5.27. The molecule has 0 saturated heterocycles. The fourth-order valence-corrected chi connectivity index (χ4v) is 4.83. The summed E-state index contributed by atoms with van der Waals surface area (Å²) >= 11 is 0. The van der Waals surface area contributed by atoms with Gasteiger partial charge >= 0.3 is 0 Å². The molecule has 0 radical (unpaired) electrons. The van der Waals surface area contributed by atoms with Crippen LogP contribution in [0.25, 0.3) is 0 Å². The maximum Gasteiger partial charge on any atom is 0.119 e. The van der Waals surface area contributed by atoms with E-state index >= 15 is 0 Å². The van der Waals surface area contributed by atoms with Gasteiger partial charge in [0.05, 0.1) is 159 Å². The van der Waals surface area contributed by atoms with Gasteiger partial charge in [-0.05, 0) is 30.5 Å². The number of unbranched alkanes of at least 4 members (excludes halogenated alkanes) is 6. The van der Waals surface area contributed by atoms with Crippen LogP contribution in [0.1, 0.15) is 57.4 Å². The topological polar surface area (TPSA) is 120 Å². The summed E-state index contributed by atoms with van der Waals surface area (Å²) in [5.41, 5.74) is 1.38. The van der Waals surface area contributed by atoms with Crippen molar-refractivity contribution in [1.82, 2.24) is 0 Å². The molecule has 0 heterocycles. The van der Waals surface area contributed by atoms with Crippen molar-refractivity contribution < 1.29 is 66.0 Å². The van der Waals surface area contributed by atoms with Gasteiger partial charge in [0.2, 0.25) is 0 Å². The van der Waals surface area contributed by atoms with Gasteiger partial charge in [0.15, 0.2) is 0 Å². The maximum atomic E-state index is 11.8. The molecule has 1 aromatic carbocycles. The van der Waals surface area contributed by atoms with Crippen LogP contribution in [0, 0.1) is 0 Å². The Balaban J connectivity index is 1.67. The summed E-state index contributed by atoms with van der Waals surface area (Å²) in [6, 6.07) is 8.44. The molecule has 0 unspecified atom stereocenters. The predicted octanol–water partition coefficient (Wildman–Crippen LogP) is 5.53. The first kappa shape index (κ1) is 51.5. The van der Waals surface area contributed by atoms with Crippen molar-refractivity contribution in [3.63, 3.8) is 0 Å². The molecule has 55 heavy (non-hydrogen) atoms. The first-order chi connectivity index (χ1) is 27.4. The summed E-state index contributed by atoms with van der Waals surface area (Å²) in [5.74, 6) is 0.883. The van der Waals surface area contributed by atoms with E-state index in [4.69, 9.17) is 61.6 Å². The van der Waals surface area contributed by atoms with E-state index < -0.39 is 6.67 Å². The lowest BCUT2D eigenvalue weighted by atomic mass is 10.0. The second-order valence-corrected chi connectivity index (χ2v) is 12.4. The number of alkyl halides is 1. The number of hydrogen-bond donors (Lipinski definition) is 0. The highest BCUT2D eigenvalue weighted by Crippen LogP contribution is 2.15. The molecule has 1 rings (SSSR count). The molecule has 0 fully saturated rings. The Bertz CT molecular complexity index is 856. The largest absolute Gasteiger partial charge is 0.491 e.